The van der Waals surface area contributed by atoms with Gasteiger partial charge in [0.25, 0.3) is 0 Å². The van der Waals surface area contributed by atoms with Gasteiger partial charge in [0.1, 0.15) is 5.69 Å². The first-order valence-corrected chi connectivity index (χ1v) is 5.59. The molecule has 16 heavy (non-hydrogen) atoms. The van der Waals surface area contributed by atoms with Crippen LogP contribution in [-0.4, -0.2) is 54.1 Å². The van der Waals surface area contributed by atoms with Crippen molar-refractivity contribution in [2.24, 2.45) is 0 Å². The van der Waals surface area contributed by atoms with Crippen LogP contribution in [-0.2, 0) is 0 Å². The van der Waals surface area contributed by atoms with Crippen LogP contribution in [0.2, 0.25) is 0 Å². The van der Waals surface area contributed by atoms with Crippen molar-refractivity contribution >= 4 is 12.1 Å². The van der Waals surface area contributed by atoms with Crippen molar-refractivity contribution in [3.05, 3.63) is 17.8 Å². The fraction of sp³-hybridized carbons (Fsp3) is 0.545. The zero-order chi connectivity index (χ0) is 11.4. The van der Waals surface area contributed by atoms with E-state index < -0.39 is 0 Å². The summed E-state index contributed by atoms with van der Waals surface area (Å²) in [6.07, 6.45) is 0.714. The third kappa shape index (κ3) is 2.36. The molecule has 0 radical (unpaired) electrons. The lowest BCUT2D eigenvalue weighted by atomic mass is 10.3. The predicted molar refractivity (Wildman–Crippen MR) is 61.7 cm³/mol. The highest BCUT2D eigenvalue weighted by atomic mass is 16.1. The number of hydrogen-bond donors (Lipinski definition) is 0. The monoisotopic (exact) mass is 220 g/mol. The summed E-state index contributed by atoms with van der Waals surface area (Å²) < 4.78 is 0. The van der Waals surface area contributed by atoms with E-state index in [4.69, 9.17) is 0 Å². The molecule has 1 fully saturated rings. The van der Waals surface area contributed by atoms with Crippen molar-refractivity contribution in [3.8, 4) is 0 Å². The maximum Gasteiger partial charge on any atom is 0.170 e. The molecular formula is C11H16N4O. The van der Waals surface area contributed by atoms with Crippen LogP contribution in [0.1, 0.15) is 17.4 Å². The summed E-state index contributed by atoms with van der Waals surface area (Å²) in [5.41, 5.74) is 0.385. The molecule has 0 N–H and O–H groups in total. The highest BCUT2D eigenvalue weighted by molar-refractivity contribution is 5.71. The average Bonchev–Trinajstić information content (AvgIpc) is 2.39. The molecule has 2 rings (SSSR count). The number of carbonyl (C=O) groups excluding carboxylic acids is 1. The summed E-state index contributed by atoms with van der Waals surface area (Å²) in [5.74, 6) is 0.862. The average molecular weight is 220 g/mol. The van der Waals surface area contributed by atoms with Crippen molar-refractivity contribution < 1.29 is 4.79 Å². The second-order valence-electron chi connectivity index (χ2n) is 3.86. The first-order valence-electron chi connectivity index (χ1n) is 5.59. The van der Waals surface area contributed by atoms with E-state index in [1.807, 2.05) is 6.07 Å². The number of aromatic nitrogens is 2. The minimum Gasteiger partial charge on any atom is -0.353 e. The topological polar surface area (TPSA) is 49.3 Å². The molecule has 0 aromatic carbocycles. The van der Waals surface area contributed by atoms with E-state index in [1.165, 1.54) is 0 Å². The van der Waals surface area contributed by atoms with E-state index in [9.17, 15) is 4.79 Å². The molecule has 86 valence electrons. The zero-order valence-corrected chi connectivity index (χ0v) is 9.46. The van der Waals surface area contributed by atoms with Gasteiger partial charge in [0.05, 0.1) is 0 Å². The van der Waals surface area contributed by atoms with E-state index in [0.29, 0.717) is 12.0 Å². The summed E-state index contributed by atoms with van der Waals surface area (Å²) in [6, 6.07) is 3.57. The van der Waals surface area contributed by atoms with E-state index in [1.54, 1.807) is 6.07 Å². The molecule has 1 aliphatic rings. The van der Waals surface area contributed by atoms with E-state index in [-0.39, 0.29) is 0 Å². The van der Waals surface area contributed by atoms with Gasteiger partial charge in [-0.1, -0.05) is 6.92 Å². The van der Waals surface area contributed by atoms with E-state index in [2.05, 4.69) is 26.9 Å². The zero-order valence-electron chi connectivity index (χ0n) is 9.46. The molecule has 5 nitrogen and oxygen atoms in total. The third-order valence-corrected chi connectivity index (χ3v) is 2.94. The number of likely N-dealkylation sites (N-methyl/N-ethyl adjacent to an activating group) is 1. The van der Waals surface area contributed by atoms with Gasteiger partial charge in [-0.3, -0.25) is 4.79 Å². The Hall–Kier alpha value is -1.49. The van der Waals surface area contributed by atoms with Crippen LogP contribution in [0.3, 0.4) is 0 Å². The molecule has 1 aliphatic heterocycles. The van der Waals surface area contributed by atoms with Crippen LogP contribution in [0.25, 0.3) is 0 Å². The molecule has 5 heteroatoms. The molecule has 0 atom stereocenters. The van der Waals surface area contributed by atoms with Gasteiger partial charge in [-0.15, -0.1) is 10.2 Å². The number of carbonyl (C=O) groups is 1. The fourth-order valence-corrected chi connectivity index (χ4v) is 1.86. The Morgan fingerprint density at radius 1 is 1.25 bits per heavy atom. The molecule has 0 spiro atoms. The van der Waals surface area contributed by atoms with Gasteiger partial charge < -0.3 is 9.80 Å². The van der Waals surface area contributed by atoms with E-state index in [0.717, 1.165) is 38.5 Å². The largest absolute Gasteiger partial charge is 0.353 e. The third-order valence-electron chi connectivity index (χ3n) is 2.94. The predicted octanol–water partition coefficient (Wildman–Crippen LogP) is 0.431. The van der Waals surface area contributed by atoms with Gasteiger partial charge >= 0.3 is 0 Å². The summed E-state index contributed by atoms with van der Waals surface area (Å²) in [7, 11) is 0. The van der Waals surface area contributed by atoms with Gasteiger partial charge in [-0.25, -0.2) is 0 Å². The Bertz CT molecular complexity index is 344. The molecule has 1 saturated heterocycles. The number of hydrogen-bond acceptors (Lipinski definition) is 5. The SMILES string of the molecule is CCN1CCN(c2ccc(C=O)nn2)CC1. The number of aldehydes is 1. The van der Waals surface area contributed by atoms with E-state index >= 15 is 0 Å². The number of anilines is 1. The van der Waals surface area contributed by atoms with Crippen molar-refractivity contribution in [2.45, 2.75) is 6.92 Å². The van der Waals surface area contributed by atoms with Gasteiger partial charge in [0.2, 0.25) is 0 Å². The summed E-state index contributed by atoms with van der Waals surface area (Å²) in [5, 5.41) is 7.89. The maximum atomic E-state index is 10.5. The molecule has 2 heterocycles. The standard InChI is InChI=1S/C11H16N4O/c1-2-14-5-7-15(8-6-14)11-4-3-10(9-16)12-13-11/h3-4,9H,2,5-8H2,1H3. The van der Waals surface area contributed by atoms with Gasteiger partial charge in [-0.05, 0) is 18.7 Å². The maximum absolute atomic E-state index is 10.5. The van der Waals surface area contributed by atoms with Crippen molar-refractivity contribution in [2.75, 3.05) is 37.6 Å². The molecule has 1 aromatic rings. The van der Waals surface area contributed by atoms with Crippen molar-refractivity contribution in [1.29, 1.82) is 0 Å². The van der Waals surface area contributed by atoms with Crippen molar-refractivity contribution in [3.63, 3.8) is 0 Å². The van der Waals surface area contributed by atoms with Crippen LogP contribution in [0.4, 0.5) is 5.82 Å². The lowest BCUT2D eigenvalue weighted by molar-refractivity contribution is 0.111. The second-order valence-corrected chi connectivity index (χ2v) is 3.86. The van der Waals surface area contributed by atoms with Crippen LogP contribution < -0.4 is 4.90 Å². The lowest BCUT2D eigenvalue weighted by Gasteiger charge is -2.34. The Labute approximate surface area is 95.1 Å². The Kier molecular flexibility index (Phi) is 3.46. The van der Waals surface area contributed by atoms with Gasteiger partial charge in [0, 0.05) is 26.2 Å². The number of nitrogens with zero attached hydrogens (tertiary/aromatic N) is 4. The highest BCUT2D eigenvalue weighted by Gasteiger charge is 2.16. The lowest BCUT2D eigenvalue weighted by Crippen LogP contribution is -2.46. The molecule has 0 amide bonds. The molecule has 1 aromatic heterocycles. The minimum atomic E-state index is 0.385. The summed E-state index contributed by atoms with van der Waals surface area (Å²) in [4.78, 5) is 15.1. The minimum absolute atomic E-state index is 0.385. The Morgan fingerprint density at radius 2 is 2.00 bits per heavy atom. The summed E-state index contributed by atoms with van der Waals surface area (Å²) in [6.45, 7) is 7.35. The quantitative estimate of drug-likeness (QED) is 0.691. The molecule has 0 bridgehead atoms. The molecule has 0 saturated carbocycles. The van der Waals surface area contributed by atoms with Crippen LogP contribution in [0.15, 0.2) is 12.1 Å². The first-order chi connectivity index (χ1) is 7.83. The first kappa shape index (κ1) is 11.0. The van der Waals surface area contributed by atoms with Gasteiger partial charge in [-0.2, -0.15) is 0 Å². The number of rotatable bonds is 3. The number of piperazine rings is 1. The molecule has 0 unspecified atom stereocenters. The van der Waals surface area contributed by atoms with Crippen LogP contribution >= 0.6 is 0 Å². The fourth-order valence-electron chi connectivity index (χ4n) is 1.86. The van der Waals surface area contributed by atoms with Crippen molar-refractivity contribution in [1.82, 2.24) is 15.1 Å². The molecule has 0 aliphatic carbocycles. The Balaban J connectivity index is 1.99. The normalized spacial score (nSPS) is 17.4. The Morgan fingerprint density at radius 3 is 2.50 bits per heavy atom. The highest BCUT2D eigenvalue weighted by Crippen LogP contribution is 2.11. The molecular weight excluding hydrogens is 204 g/mol. The van der Waals surface area contributed by atoms with Crippen LogP contribution in [0, 0.1) is 0 Å². The van der Waals surface area contributed by atoms with Gasteiger partial charge in [0.15, 0.2) is 12.1 Å². The summed E-state index contributed by atoms with van der Waals surface area (Å²) >= 11 is 0. The van der Waals surface area contributed by atoms with Crippen LogP contribution in [0.5, 0.6) is 0 Å². The second kappa shape index (κ2) is 5.03. The smallest absolute Gasteiger partial charge is 0.170 e.